The molecule has 0 fully saturated rings. The third-order valence-electron chi connectivity index (χ3n) is 4.29. The first kappa shape index (κ1) is 19.2. The normalized spacial score (nSPS) is 12.3. The summed E-state index contributed by atoms with van der Waals surface area (Å²) < 4.78 is 4.81. The van der Waals surface area contributed by atoms with E-state index in [4.69, 9.17) is 4.74 Å². The lowest BCUT2D eigenvalue weighted by Gasteiger charge is -2.26. The van der Waals surface area contributed by atoms with Crippen molar-refractivity contribution < 1.29 is 14.3 Å². The number of hydrogen-bond acceptors (Lipinski definition) is 4. The number of aromatic nitrogens is 1. The largest absolute Gasteiger partial charge is 0.465 e. The van der Waals surface area contributed by atoms with E-state index < -0.39 is 5.97 Å². The van der Waals surface area contributed by atoms with Gasteiger partial charge in [-0.1, -0.05) is 20.8 Å². The number of nitrogens with one attached hydrogen (secondary N) is 2. The van der Waals surface area contributed by atoms with Gasteiger partial charge >= 0.3 is 5.97 Å². The van der Waals surface area contributed by atoms with Gasteiger partial charge in [0.1, 0.15) is 5.69 Å². The zero-order chi connectivity index (χ0) is 17.6. The first-order valence-corrected chi connectivity index (χ1v) is 8.23. The van der Waals surface area contributed by atoms with Gasteiger partial charge in [-0.3, -0.25) is 9.69 Å². The molecular formula is C17H29N3O3. The fourth-order valence-electron chi connectivity index (χ4n) is 2.83. The Labute approximate surface area is 138 Å². The third-order valence-corrected chi connectivity index (χ3v) is 4.29. The van der Waals surface area contributed by atoms with Gasteiger partial charge in [-0.2, -0.15) is 0 Å². The Bertz CT molecular complexity index is 548. The summed E-state index contributed by atoms with van der Waals surface area (Å²) in [5, 5.41) is 2.95. The van der Waals surface area contributed by atoms with E-state index in [0.29, 0.717) is 29.8 Å². The molecule has 0 bridgehead atoms. The van der Waals surface area contributed by atoms with Crippen LogP contribution in [0.3, 0.4) is 0 Å². The molecule has 1 aromatic rings. The van der Waals surface area contributed by atoms with Crippen LogP contribution in [0.15, 0.2) is 0 Å². The molecule has 0 spiro atoms. The molecule has 23 heavy (non-hydrogen) atoms. The van der Waals surface area contributed by atoms with Crippen LogP contribution >= 0.6 is 0 Å². The van der Waals surface area contributed by atoms with Crippen LogP contribution in [0.5, 0.6) is 0 Å². The Balaban J connectivity index is 2.89. The van der Waals surface area contributed by atoms with E-state index >= 15 is 0 Å². The number of nitrogens with zero attached hydrogens (tertiary/aromatic N) is 1. The predicted octanol–water partition coefficient (Wildman–Crippen LogP) is 2.13. The van der Waals surface area contributed by atoms with E-state index in [0.717, 1.165) is 18.8 Å². The molecule has 1 rings (SSSR count). The van der Waals surface area contributed by atoms with Gasteiger partial charge < -0.3 is 15.0 Å². The van der Waals surface area contributed by atoms with Crippen LogP contribution in [0.2, 0.25) is 0 Å². The quantitative estimate of drug-likeness (QED) is 0.719. The molecule has 1 heterocycles. The maximum atomic E-state index is 12.4. The van der Waals surface area contributed by atoms with Crippen LogP contribution in [0, 0.1) is 6.92 Å². The van der Waals surface area contributed by atoms with Gasteiger partial charge in [-0.15, -0.1) is 0 Å². The fraction of sp³-hybridized carbons (Fsp3) is 0.647. The van der Waals surface area contributed by atoms with E-state index in [-0.39, 0.29) is 11.9 Å². The topological polar surface area (TPSA) is 74.4 Å². The molecule has 1 aromatic heterocycles. The van der Waals surface area contributed by atoms with Crippen molar-refractivity contribution in [3.05, 3.63) is 22.5 Å². The van der Waals surface area contributed by atoms with Crippen molar-refractivity contribution in [2.24, 2.45) is 0 Å². The second-order valence-corrected chi connectivity index (χ2v) is 5.60. The van der Waals surface area contributed by atoms with E-state index in [1.54, 1.807) is 6.92 Å². The molecule has 6 heteroatoms. The smallest absolute Gasteiger partial charge is 0.339 e. The molecule has 6 nitrogen and oxygen atoms in total. The number of aryl methyl sites for hydroxylation is 1. The number of ether oxygens (including phenoxy) is 1. The molecule has 1 atom stereocenters. The Morgan fingerprint density at radius 1 is 1.26 bits per heavy atom. The van der Waals surface area contributed by atoms with Gasteiger partial charge in [-0.25, -0.2) is 4.79 Å². The van der Waals surface area contributed by atoms with Crippen molar-refractivity contribution in [1.82, 2.24) is 15.2 Å². The third kappa shape index (κ3) is 4.34. The number of carbonyl (C=O) groups excluding carboxylic acids is 2. The zero-order valence-electron chi connectivity index (χ0n) is 15.1. The summed E-state index contributed by atoms with van der Waals surface area (Å²) in [4.78, 5) is 29.7. The fourth-order valence-corrected chi connectivity index (χ4v) is 2.83. The van der Waals surface area contributed by atoms with Crippen molar-refractivity contribution in [2.45, 2.75) is 47.1 Å². The Morgan fingerprint density at radius 3 is 2.35 bits per heavy atom. The first-order chi connectivity index (χ1) is 10.9. The number of methoxy groups -OCH3 is 1. The summed E-state index contributed by atoms with van der Waals surface area (Å²) in [5.41, 5.74) is 2.28. The van der Waals surface area contributed by atoms with Gasteiger partial charge in [0.15, 0.2) is 0 Å². The van der Waals surface area contributed by atoms with E-state index in [1.165, 1.54) is 7.11 Å². The Hall–Kier alpha value is -1.82. The van der Waals surface area contributed by atoms with Crippen molar-refractivity contribution in [3.8, 4) is 0 Å². The van der Waals surface area contributed by atoms with Crippen molar-refractivity contribution in [3.63, 3.8) is 0 Å². The predicted molar refractivity (Wildman–Crippen MR) is 91.0 cm³/mol. The summed E-state index contributed by atoms with van der Waals surface area (Å²) in [6.07, 6.45) is 0.633. The second-order valence-electron chi connectivity index (χ2n) is 5.60. The number of H-pyrrole nitrogens is 1. The van der Waals surface area contributed by atoms with Gasteiger partial charge in [0.2, 0.25) is 0 Å². The number of carbonyl (C=O) groups is 2. The molecule has 0 radical (unpaired) electrons. The molecule has 0 aromatic carbocycles. The number of likely N-dealkylation sites (N-methyl/N-ethyl adjacent to an activating group) is 1. The van der Waals surface area contributed by atoms with Crippen molar-refractivity contribution in [1.29, 1.82) is 0 Å². The number of esters is 1. The zero-order valence-corrected chi connectivity index (χ0v) is 15.1. The van der Waals surface area contributed by atoms with Crippen LogP contribution in [-0.4, -0.2) is 54.5 Å². The molecule has 0 aliphatic heterocycles. The summed E-state index contributed by atoms with van der Waals surface area (Å²) in [5.74, 6) is -0.600. The van der Waals surface area contributed by atoms with Crippen LogP contribution < -0.4 is 5.32 Å². The molecule has 0 saturated heterocycles. The summed E-state index contributed by atoms with van der Waals surface area (Å²) in [6.45, 7) is 12.5. The first-order valence-electron chi connectivity index (χ1n) is 8.23. The lowest BCUT2D eigenvalue weighted by Crippen LogP contribution is -2.42. The highest BCUT2D eigenvalue weighted by molar-refractivity contribution is 6.00. The molecule has 0 aliphatic rings. The molecule has 2 N–H and O–H groups in total. The van der Waals surface area contributed by atoms with Crippen molar-refractivity contribution >= 4 is 11.9 Å². The minimum atomic E-state index is -0.411. The maximum absolute atomic E-state index is 12.4. The lowest BCUT2D eigenvalue weighted by atomic mass is 10.1. The number of rotatable bonds is 8. The van der Waals surface area contributed by atoms with Crippen LogP contribution in [0.25, 0.3) is 0 Å². The van der Waals surface area contributed by atoms with E-state index in [9.17, 15) is 9.59 Å². The highest BCUT2D eigenvalue weighted by Gasteiger charge is 2.24. The maximum Gasteiger partial charge on any atom is 0.339 e. The molecule has 0 saturated carbocycles. The average molecular weight is 323 g/mol. The van der Waals surface area contributed by atoms with Gasteiger partial charge in [-0.05, 0) is 38.9 Å². The summed E-state index contributed by atoms with van der Waals surface area (Å²) >= 11 is 0. The minimum Gasteiger partial charge on any atom is -0.465 e. The SMILES string of the molecule is CCc1[nH]c(C(=O)NCC(C)N(CC)CC)c(C)c1C(=O)OC. The molecular weight excluding hydrogens is 294 g/mol. The standard InChI is InChI=1S/C17H29N3O3/c1-7-13-14(17(22)23-6)12(5)15(19-13)16(21)18-10-11(4)20(8-2)9-3/h11,19H,7-10H2,1-6H3,(H,18,21). The minimum absolute atomic E-state index is 0.189. The summed E-state index contributed by atoms with van der Waals surface area (Å²) in [6, 6.07) is 0.259. The van der Waals surface area contributed by atoms with Crippen LogP contribution in [0.4, 0.5) is 0 Å². The highest BCUT2D eigenvalue weighted by Crippen LogP contribution is 2.20. The van der Waals surface area contributed by atoms with Gasteiger partial charge in [0, 0.05) is 18.3 Å². The second kappa shape index (κ2) is 8.72. The number of amides is 1. The van der Waals surface area contributed by atoms with Crippen molar-refractivity contribution in [2.75, 3.05) is 26.7 Å². The molecule has 1 amide bonds. The van der Waals surface area contributed by atoms with E-state index in [1.807, 2.05) is 6.92 Å². The number of aromatic amines is 1. The van der Waals surface area contributed by atoms with Gasteiger partial charge in [0.25, 0.3) is 5.91 Å². The molecule has 1 unspecified atom stereocenters. The van der Waals surface area contributed by atoms with Gasteiger partial charge in [0.05, 0.1) is 12.7 Å². The Morgan fingerprint density at radius 2 is 1.87 bits per heavy atom. The molecule has 130 valence electrons. The van der Waals surface area contributed by atoms with Crippen LogP contribution in [-0.2, 0) is 11.2 Å². The lowest BCUT2D eigenvalue weighted by molar-refractivity contribution is 0.0599. The molecule has 0 aliphatic carbocycles. The average Bonchev–Trinajstić information content (AvgIpc) is 2.89. The Kier molecular flexibility index (Phi) is 7.29. The highest BCUT2D eigenvalue weighted by atomic mass is 16.5. The van der Waals surface area contributed by atoms with Crippen LogP contribution in [0.1, 0.15) is 59.8 Å². The summed E-state index contributed by atoms with van der Waals surface area (Å²) in [7, 11) is 1.35. The monoisotopic (exact) mass is 323 g/mol. The number of hydrogen-bond donors (Lipinski definition) is 2. The van der Waals surface area contributed by atoms with E-state index in [2.05, 4.69) is 36.0 Å².